The van der Waals surface area contributed by atoms with Crippen LogP contribution in [0, 0.1) is 5.95 Å². The van der Waals surface area contributed by atoms with Gasteiger partial charge in [0.1, 0.15) is 0 Å². The molecule has 0 atom stereocenters. The normalized spacial score (nSPS) is 11.2. The highest BCUT2D eigenvalue weighted by atomic mass is 19.4. The van der Waals surface area contributed by atoms with E-state index in [0.717, 1.165) is 6.07 Å². The maximum absolute atomic E-state index is 12.8. The average molecular weight is 224 g/mol. The highest BCUT2D eigenvalue weighted by Crippen LogP contribution is 2.21. The van der Waals surface area contributed by atoms with Gasteiger partial charge in [-0.25, -0.2) is 0 Å². The molecule has 2 N–H and O–H groups in total. The van der Waals surface area contributed by atoms with Gasteiger partial charge < -0.3 is 10.5 Å². The number of nitrogens with two attached hydrogens (primary N) is 1. The lowest BCUT2D eigenvalue weighted by Gasteiger charge is -2.07. The Balaban J connectivity index is 2.97. The number of primary amides is 1. The molecule has 0 aliphatic rings. The summed E-state index contributed by atoms with van der Waals surface area (Å²) in [5, 5.41) is 0. The van der Waals surface area contributed by atoms with Crippen LogP contribution in [0.5, 0.6) is 5.88 Å². The van der Waals surface area contributed by atoms with E-state index in [1.807, 2.05) is 0 Å². The molecule has 0 aromatic carbocycles. The lowest BCUT2D eigenvalue weighted by atomic mass is 10.3. The largest absolute Gasteiger partial charge is 0.574 e. The summed E-state index contributed by atoms with van der Waals surface area (Å²) in [6.07, 6.45) is -4.96. The number of halogens is 4. The fourth-order valence-electron chi connectivity index (χ4n) is 0.777. The summed E-state index contributed by atoms with van der Waals surface area (Å²) >= 11 is 0. The minimum Gasteiger partial charge on any atom is -0.388 e. The van der Waals surface area contributed by atoms with Gasteiger partial charge in [-0.15, -0.1) is 13.2 Å². The maximum Gasteiger partial charge on any atom is 0.574 e. The topological polar surface area (TPSA) is 65.2 Å². The van der Waals surface area contributed by atoms with Crippen LogP contribution >= 0.6 is 0 Å². The molecule has 0 aliphatic carbocycles. The lowest BCUT2D eigenvalue weighted by Crippen LogP contribution is -2.19. The second kappa shape index (κ2) is 3.71. The number of hydrogen-bond donors (Lipinski definition) is 1. The van der Waals surface area contributed by atoms with Gasteiger partial charge in [0, 0.05) is 6.07 Å². The zero-order valence-corrected chi connectivity index (χ0v) is 7.01. The summed E-state index contributed by atoms with van der Waals surface area (Å²) in [6, 6.07) is 1.45. The molecule has 1 heterocycles. The van der Waals surface area contributed by atoms with E-state index < -0.39 is 29.7 Å². The Hall–Kier alpha value is -1.86. The standard InChI is InChI=1S/C7H4F4N2O2/c8-5-3(6(12)14)1-2-4(13-5)15-7(9,10)11/h1-2H,(H2,12,14). The van der Waals surface area contributed by atoms with Crippen LogP contribution in [0.25, 0.3) is 0 Å². The predicted molar refractivity (Wildman–Crippen MR) is 39.4 cm³/mol. The molecule has 0 radical (unpaired) electrons. The molecule has 8 heteroatoms. The van der Waals surface area contributed by atoms with Gasteiger partial charge in [-0.05, 0) is 6.07 Å². The third-order valence-electron chi connectivity index (χ3n) is 1.31. The van der Waals surface area contributed by atoms with E-state index >= 15 is 0 Å². The van der Waals surface area contributed by atoms with Crippen LogP contribution in [0.3, 0.4) is 0 Å². The number of pyridine rings is 1. The van der Waals surface area contributed by atoms with Crippen molar-refractivity contribution in [3.63, 3.8) is 0 Å². The summed E-state index contributed by atoms with van der Waals surface area (Å²) in [5.41, 5.74) is 4.10. The van der Waals surface area contributed by atoms with Gasteiger partial charge in [-0.2, -0.15) is 9.37 Å². The number of hydrogen-bond acceptors (Lipinski definition) is 3. The van der Waals surface area contributed by atoms with E-state index in [2.05, 4.69) is 9.72 Å². The number of nitrogens with zero attached hydrogens (tertiary/aromatic N) is 1. The van der Waals surface area contributed by atoms with Gasteiger partial charge in [0.25, 0.3) is 5.91 Å². The Morgan fingerprint density at radius 2 is 2.00 bits per heavy atom. The van der Waals surface area contributed by atoms with E-state index in [0.29, 0.717) is 6.07 Å². The third-order valence-corrected chi connectivity index (χ3v) is 1.31. The molecular weight excluding hydrogens is 220 g/mol. The van der Waals surface area contributed by atoms with Gasteiger partial charge in [0.2, 0.25) is 11.8 Å². The molecule has 1 amide bonds. The second-order valence-electron chi connectivity index (χ2n) is 2.40. The van der Waals surface area contributed by atoms with E-state index in [1.165, 1.54) is 0 Å². The molecule has 0 bridgehead atoms. The van der Waals surface area contributed by atoms with Gasteiger partial charge >= 0.3 is 6.36 Å². The number of rotatable bonds is 2. The van der Waals surface area contributed by atoms with Crippen molar-refractivity contribution in [1.82, 2.24) is 4.98 Å². The average Bonchev–Trinajstić information content (AvgIpc) is 1.99. The number of alkyl halides is 3. The molecular formula is C7H4F4N2O2. The zero-order valence-electron chi connectivity index (χ0n) is 7.01. The van der Waals surface area contributed by atoms with Crippen molar-refractivity contribution in [2.45, 2.75) is 6.36 Å². The van der Waals surface area contributed by atoms with Crippen molar-refractivity contribution < 1.29 is 27.1 Å². The number of ether oxygens (including phenoxy) is 1. The van der Waals surface area contributed by atoms with Crippen LogP contribution in [-0.2, 0) is 0 Å². The van der Waals surface area contributed by atoms with E-state index in [-0.39, 0.29) is 0 Å². The summed E-state index contributed by atoms with van der Waals surface area (Å²) in [4.78, 5) is 13.3. The lowest BCUT2D eigenvalue weighted by molar-refractivity contribution is -0.276. The van der Waals surface area contributed by atoms with Crippen LogP contribution in [0.4, 0.5) is 17.6 Å². The van der Waals surface area contributed by atoms with Crippen molar-refractivity contribution in [2.75, 3.05) is 0 Å². The Labute approximate surface area is 80.7 Å². The molecule has 0 unspecified atom stereocenters. The van der Waals surface area contributed by atoms with Crippen LogP contribution < -0.4 is 10.5 Å². The van der Waals surface area contributed by atoms with Crippen LogP contribution in [0.2, 0.25) is 0 Å². The molecule has 0 saturated heterocycles. The minimum absolute atomic E-state index is 0.607. The Morgan fingerprint density at radius 3 is 2.40 bits per heavy atom. The van der Waals surface area contributed by atoms with Crippen LogP contribution in [0.15, 0.2) is 12.1 Å². The summed E-state index contributed by atoms with van der Waals surface area (Å²) in [7, 11) is 0. The van der Waals surface area contributed by atoms with Crippen molar-refractivity contribution in [2.24, 2.45) is 5.73 Å². The molecule has 0 fully saturated rings. The summed E-state index contributed by atoms with van der Waals surface area (Å²) in [5.74, 6) is -3.53. The molecule has 4 nitrogen and oxygen atoms in total. The highest BCUT2D eigenvalue weighted by molar-refractivity contribution is 5.92. The smallest absolute Gasteiger partial charge is 0.388 e. The van der Waals surface area contributed by atoms with E-state index in [4.69, 9.17) is 5.73 Å². The van der Waals surface area contributed by atoms with Gasteiger partial charge in [0.05, 0.1) is 5.56 Å². The fraction of sp³-hybridized carbons (Fsp3) is 0.143. The van der Waals surface area contributed by atoms with Crippen molar-refractivity contribution in [3.05, 3.63) is 23.6 Å². The Bertz CT molecular complexity index is 391. The first-order valence-corrected chi connectivity index (χ1v) is 3.51. The van der Waals surface area contributed by atoms with Crippen molar-refractivity contribution in [1.29, 1.82) is 0 Å². The SMILES string of the molecule is NC(=O)c1ccc(OC(F)(F)F)nc1F. The van der Waals surface area contributed by atoms with Crippen molar-refractivity contribution in [3.8, 4) is 5.88 Å². The zero-order chi connectivity index (χ0) is 11.6. The molecule has 82 valence electrons. The Kier molecular flexibility index (Phi) is 2.78. The van der Waals surface area contributed by atoms with Crippen molar-refractivity contribution >= 4 is 5.91 Å². The molecule has 15 heavy (non-hydrogen) atoms. The van der Waals surface area contributed by atoms with Crippen LogP contribution in [-0.4, -0.2) is 17.3 Å². The highest BCUT2D eigenvalue weighted by Gasteiger charge is 2.32. The first-order chi connectivity index (χ1) is 6.79. The minimum atomic E-state index is -4.96. The number of carbonyl (C=O) groups is 1. The number of amides is 1. The maximum atomic E-state index is 12.8. The van der Waals surface area contributed by atoms with Gasteiger partial charge in [-0.3, -0.25) is 4.79 Å². The van der Waals surface area contributed by atoms with Gasteiger partial charge in [0.15, 0.2) is 0 Å². The molecule has 0 saturated carbocycles. The molecule has 1 rings (SSSR count). The van der Waals surface area contributed by atoms with E-state index in [1.54, 1.807) is 0 Å². The molecule has 1 aromatic rings. The monoisotopic (exact) mass is 224 g/mol. The Morgan fingerprint density at radius 1 is 1.40 bits per heavy atom. The number of carbonyl (C=O) groups excluding carboxylic acids is 1. The quantitative estimate of drug-likeness (QED) is 0.606. The summed E-state index contributed by atoms with van der Waals surface area (Å²) in [6.45, 7) is 0. The third kappa shape index (κ3) is 3.08. The molecule has 0 spiro atoms. The molecule has 0 aliphatic heterocycles. The predicted octanol–water partition coefficient (Wildman–Crippen LogP) is 1.22. The fourth-order valence-corrected chi connectivity index (χ4v) is 0.777. The van der Waals surface area contributed by atoms with Crippen LogP contribution in [0.1, 0.15) is 10.4 Å². The first kappa shape index (κ1) is 11.2. The van der Waals surface area contributed by atoms with Gasteiger partial charge in [-0.1, -0.05) is 0 Å². The number of aromatic nitrogens is 1. The second-order valence-corrected chi connectivity index (χ2v) is 2.40. The van der Waals surface area contributed by atoms with E-state index in [9.17, 15) is 22.4 Å². The summed E-state index contributed by atoms with van der Waals surface area (Å²) < 4.78 is 51.1. The first-order valence-electron chi connectivity index (χ1n) is 3.51. The molecule has 1 aromatic heterocycles.